The van der Waals surface area contributed by atoms with Gasteiger partial charge in [0.05, 0.1) is 37.3 Å². The molecule has 1 aliphatic heterocycles. The van der Waals surface area contributed by atoms with Crippen LogP contribution in [0.2, 0.25) is 0 Å². The van der Waals surface area contributed by atoms with E-state index >= 15 is 0 Å². The lowest BCUT2D eigenvalue weighted by atomic mass is 9.90. The third-order valence-electron chi connectivity index (χ3n) is 10.4. The molecule has 4 N–H and O–H groups in total. The number of carboxylic acids is 1. The molecule has 3 amide bonds. The van der Waals surface area contributed by atoms with Crippen LogP contribution in [0.1, 0.15) is 92.9 Å². The number of rotatable bonds is 20. The van der Waals surface area contributed by atoms with E-state index in [1.54, 1.807) is 21.3 Å². The number of methoxy groups -OCH3 is 2. The Bertz CT molecular complexity index is 1230. The van der Waals surface area contributed by atoms with Crippen molar-refractivity contribution in [1.82, 2.24) is 25.8 Å². The Balaban J connectivity index is 0.000000866. The number of ether oxygens (including phenoxy) is 2. The molecular formula is C41H75N5O8S. The summed E-state index contributed by atoms with van der Waals surface area (Å²) in [7, 11) is 9.43. The smallest absolute Gasteiger partial charge is 0.326 e. The van der Waals surface area contributed by atoms with Crippen molar-refractivity contribution in [2.45, 2.75) is 137 Å². The van der Waals surface area contributed by atoms with E-state index in [9.17, 15) is 24.0 Å². The Morgan fingerprint density at radius 1 is 1.05 bits per heavy atom. The van der Waals surface area contributed by atoms with Gasteiger partial charge in [-0.15, -0.1) is 11.3 Å². The topological polar surface area (TPSA) is 167 Å². The number of carboxylic acid groups (broad SMARTS) is 1. The number of thiophene rings is 1. The fourth-order valence-corrected chi connectivity index (χ4v) is 8.24. The average molecular weight is 798 g/mol. The zero-order chi connectivity index (χ0) is 42.4. The Hall–Kier alpha value is -2.91. The minimum atomic E-state index is -1.01. The van der Waals surface area contributed by atoms with Crippen LogP contribution in [0.5, 0.6) is 0 Å². The van der Waals surface area contributed by atoms with Crippen molar-refractivity contribution in [3.63, 3.8) is 0 Å². The fourth-order valence-electron chi connectivity index (χ4n) is 7.49. The Morgan fingerprint density at radius 2 is 1.67 bits per heavy atom. The number of amides is 3. The van der Waals surface area contributed by atoms with Gasteiger partial charge in [0.2, 0.25) is 18.2 Å². The molecule has 2 heterocycles. The maximum Gasteiger partial charge on any atom is 0.326 e. The summed E-state index contributed by atoms with van der Waals surface area (Å²) in [6, 6.07) is 3.49. The number of piperidine rings is 1. The molecular weight excluding hydrogens is 723 g/mol. The summed E-state index contributed by atoms with van der Waals surface area (Å²) < 4.78 is 11.7. The monoisotopic (exact) mass is 798 g/mol. The lowest BCUT2D eigenvalue weighted by Gasteiger charge is -2.39. The number of likely N-dealkylation sites (N-methyl/N-ethyl adjacent to an activating group) is 2. The molecule has 3 rings (SSSR count). The van der Waals surface area contributed by atoms with Gasteiger partial charge in [-0.05, 0) is 68.6 Å². The molecule has 0 spiro atoms. The van der Waals surface area contributed by atoms with Crippen LogP contribution in [0.3, 0.4) is 0 Å². The Morgan fingerprint density at radius 3 is 2.07 bits per heavy atom. The molecule has 0 bridgehead atoms. The first-order valence-electron chi connectivity index (χ1n) is 19.8. The van der Waals surface area contributed by atoms with Crippen LogP contribution in [0, 0.1) is 29.6 Å². The Labute approximate surface area is 336 Å². The minimum Gasteiger partial charge on any atom is -0.480 e. The van der Waals surface area contributed by atoms with Crippen molar-refractivity contribution in [2.24, 2.45) is 29.6 Å². The predicted octanol–water partition coefficient (Wildman–Crippen LogP) is 4.73. The van der Waals surface area contributed by atoms with Gasteiger partial charge in [0.1, 0.15) is 12.3 Å². The van der Waals surface area contributed by atoms with Crippen molar-refractivity contribution in [3.05, 3.63) is 22.4 Å². The number of hydrogen-bond donors (Lipinski definition) is 4. The highest BCUT2D eigenvalue weighted by Crippen LogP contribution is 2.54. The number of nitrogens with zero attached hydrogens (tertiary/aromatic N) is 2. The van der Waals surface area contributed by atoms with Gasteiger partial charge < -0.3 is 45.1 Å². The number of aldehydes is 1. The quantitative estimate of drug-likeness (QED) is 0.136. The zero-order valence-electron chi connectivity index (χ0n) is 36.2. The lowest BCUT2D eigenvalue weighted by molar-refractivity contribution is -0.142. The van der Waals surface area contributed by atoms with Crippen LogP contribution in [0.4, 0.5) is 0 Å². The molecule has 1 saturated heterocycles. The minimum absolute atomic E-state index is 0.0868. The second-order valence-electron chi connectivity index (χ2n) is 15.5. The van der Waals surface area contributed by atoms with E-state index in [2.05, 4.69) is 88.3 Å². The Kier molecular flexibility index (Phi) is 26.2. The number of likely N-dealkylation sites (tertiary alicyclic amines) is 1. The zero-order valence-corrected chi connectivity index (χ0v) is 37.0. The largest absolute Gasteiger partial charge is 0.480 e. The van der Waals surface area contributed by atoms with Gasteiger partial charge in [0.25, 0.3) is 0 Å². The second kappa shape index (κ2) is 27.6. The highest BCUT2D eigenvalue weighted by molar-refractivity contribution is 7.09. The molecule has 1 aromatic rings. The van der Waals surface area contributed by atoms with Crippen molar-refractivity contribution in [1.29, 1.82) is 0 Å². The molecule has 55 heavy (non-hydrogen) atoms. The van der Waals surface area contributed by atoms with E-state index in [1.807, 2.05) is 31.4 Å². The van der Waals surface area contributed by atoms with Crippen LogP contribution >= 0.6 is 11.3 Å². The fraction of sp³-hybridized carbons (Fsp3) is 0.780. The first kappa shape index (κ1) is 52.1. The molecule has 2 aliphatic rings. The van der Waals surface area contributed by atoms with E-state index in [0.29, 0.717) is 55.3 Å². The van der Waals surface area contributed by atoms with Gasteiger partial charge >= 0.3 is 5.97 Å². The van der Waals surface area contributed by atoms with Crippen molar-refractivity contribution in [2.75, 3.05) is 41.9 Å². The summed E-state index contributed by atoms with van der Waals surface area (Å²) in [5, 5.41) is 18.2. The lowest BCUT2D eigenvalue weighted by Crippen LogP contribution is -2.51. The summed E-state index contributed by atoms with van der Waals surface area (Å²) in [6.07, 6.45) is 5.29. The summed E-state index contributed by atoms with van der Waals surface area (Å²) >= 11 is 1.48. The molecule has 14 heteroatoms. The third-order valence-corrected chi connectivity index (χ3v) is 11.3. The van der Waals surface area contributed by atoms with Gasteiger partial charge in [0.15, 0.2) is 0 Å². The third kappa shape index (κ3) is 17.0. The van der Waals surface area contributed by atoms with Crippen molar-refractivity contribution < 1.29 is 38.6 Å². The molecule has 10 atom stereocenters. The summed E-state index contributed by atoms with van der Waals surface area (Å²) in [5.41, 5.74) is 0. The number of fused-ring (bicyclic) bond motifs is 1. The standard InChI is InChI=1S/C22H42N2O3.C8H16N2O2.C8H9NO3S.C3H8/c1-10-14(4)20(23(6)7)18(26-8)12-19(25)24-17(22(27-9)13(2)3)11-16-15(5)21(16)24;1-6(2)7(9-3)8(12)10-4-5-11;10-5-9-7(8(11)12)4-6-2-1-3-13-6;1-3-2/h13-18,20-22H,10-12H2,1-9H3;5-7,9H,4H2,1-3H3,(H,10,12);1-3,5,7H,4H2,(H,9,10)(H,11,12);3H2,1-2H3. The van der Waals surface area contributed by atoms with Crippen LogP contribution in [-0.2, 0) is 39.9 Å². The van der Waals surface area contributed by atoms with Gasteiger partial charge in [-0.25, -0.2) is 4.79 Å². The molecule has 1 aliphatic carbocycles. The van der Waals surface area contributed by atoms with Crippen molar-refractivity contribution >= 4 is 41.8 Å². The van der Waals surface area contributed by atoms with Gasteiger partial charge in [-0.2, -0.15) is 0 Å². The molecule has 318 valence electrons. The normalized spacial score (nSPS) is 21.5. The van der Waals surface area contributed by atoms with E-state index in [-0.39, 0.29) is 54.6 Å². The summed E-state index contributed by atoms with van der Waals surface area (Å²) in [6.45, 7) is 19.3. The van der Waals surface area contributed by atoms with Crippen molar-refractivity contribution in [3.8, 4) is 0 Å². The molecule has 13 nitrogen and oxygen atoms in total. The summed E-state index contributed by atoms with van der Waals surface area (Å²) in [5.74, 6) is 1.46. The predicted molar refractivity (Wildman–Crippen MR) is 221 cm³/mol. The van der Waals surface area contributed by atoms with Gasteiger partial charge in [-0.3, -0.25) is 14.4 Å². The van der Waals surface area contributed by atoms with Crippen LogP contribution < -0.4 is 16.0 Å². The van der Waals surface area contributed by atoms with Gasteiger partial charge in [0, 0.05) is 37.6 Å². The van der Waals surface area contributed by atoms with E-state index in [1.165, 1.54) is 17.8 Å². The first-order chi connectivity index (χ1) is 26.0. The molecule has 1 aromatic heterocycles. The molecule has 0 aromatic carbocycles. The second-order valence-corrected chi connectivity index (χ2v) is 16.5. The van der Waals surface area contributed by atoms with E-state index in [0.717, 1.165) is 17.7 Å². The maximum absolute atomic E-state index is 13.5. The number of nitrogens with one attached hydrogen (secondary N) is 3. The number of hydrogen-bond acceptors (Lipinski definition) is 10. The van der Waals surface area contributed by atoms with Gasteiger partial charge in [-0.1, -0.05) is 81.2 Å². The maximum atomic E-state index is 13.5. The van der Waals surface area contributed by atoms with Crippen LogP contribution in [0.15, 0.2) is 17.5 Å². The SMILES string of the molecule is CCC.CCC(C)C(C(CC(=O)N1C(C(OC)C(C)C)CC2C(C)C21)OC)N(C)C.CNC(C(=O)NCC=O)C(C)C.O=CNC(Cc1cccs1)C(=O)O. The van der Waals surface area contributed by atoms with Crippen LogP contribution in [-0.4, -0.2) is 130 Å². The highest BCUT2D eigenvalue weighted by Gasteiger charge is 2.61. The highest BCUT2D eigenvalue weighted by atomic mass is 32.1. The summed E-state index contributed by atoms with van der Waals surface area (Å²) in [4.78, 5) is 60.7. The molecule has 10 unspecified atom stereocenters. The van der Waals surface area contributed by atoms with E-state index < -0.39 is 12.0 Å². The van der Waals surface area contributed by atoms with Crippen LogP contribution in [0.25, 0.3) is 0 Å². The number of carbonyl (C=O) groups excluding carboxylic acids is 4. The number of carbonyl (C=O) groups is 5. The molecule has 0 radical (unpaired) electrons. The number of aliphatic carboxylic acids is 1. The van der Waals surface area contributed by atoms with E-state index in [4.69, 9.17) is 14.6 Å². The molecule has 1 saturated carbocycles. The first-order valence-corrected chi connectivity index (χ1v) is 20.7. The molecule has 2 fully saturated rings. The average Bonchev–Trinajstić information content (AvgIpc) is 3.46.